The highest BCUT2D eigenvalue weighted by Gasteiger charge is 2.19. The summed E-state index contributed by atoms with van der Waals surface area (Å²) in [4.78, 5) is 2.69. The zero-order chi connectivity index (χ0) is 9.10. The van der Waals surface area contributed by atoms with Crippen LogP contribution in [-0.4, -0.2) is 9.78 Å². The van der Waals surface area contributed by atoms with Gasteiger partial charge < -0.3 is 0 Å². The second-order valence-corrected chi connectivity index (χ2v) is 3.26. The van der Waals surface area contributed by atoms with Crippen LogP contribution in [0, 0.1) is 0 Å². The topological polar surface area (TPSA) is 66.6 Å². The van der Waals surface area contributed by atoms with Gasteiger partial charge >= 0.3 is 0 Å². The number of nitrogens with zero attached hydrogens (tertiary/aromatic N) is 5. The van der Waals surface area contributed by atoms with Crippen molar-refractivity contribution in [2.45, 2.75) is 31.8 Å². The van der Waals surface area contributed by atoms with Crippen LogP contribution in [0.4, 0.5) is 0 Å². The van der Waals surface area contributed by atoms with Crippen LogP contribution in [0.5, 0.6) is 0 Å². The summed E-state index contributed by atoms with van der Waals surface area (Å²) in [7, 11) is 0. The third-order valence-electron chi connectivity index (χ3n) is 2.41. The summed E-state index contributed by atoms with van der Waals surface area (Å²) in [5, 5.41) is 7.78. The Balaban J connectivity index is 2.03. The van der Waals surface area contributed by atoms with Gasteiger partial charge in [-0.05, 0) is 30.9 Å². The summed E-state index contributed by atoms with van der Waals surface area (Å²) < 4.78 is 1.98. The Morgan fingerprint density at radius 3 is 3.15 bits per heavy atom. The lowest BCUT2D eigenvalue weighted by atomic mass is 9.93. The van der Waals surface area contributed by atoms with Gasteiger partial charge in [-0.2, -0.15) is 5.10 Å². The molecular formula is C8H11N5. The minimum absolute atomic E-state index is 0.357. The second kappa shape index (κ2) is 3.49. The van der Waals surface area contributed by atoms with Crippen LogP contribution in [-0.2, 0) is 6.54 Å². The monoisotopic (exact) mass is 177 g/mol. The minimum atomic E-state index is 0.357. The van der Waals surface area contributed by atoms with Gasteiger partial charge in [0.25, 0.3) is 0 Å². The second-order valence-electron chi connectivity index (χ2n) is 3.26. The molecular weight excluding hydrogens is 166 g/mol. The lowest BCUT2D eigenvalue weighted by molar-refractivity contribution is 0.288. The first-order valence-electron chi connectivity index (χ1n) is 4.45. The van der Waals surface area contributed by atoms with Gasteiger partial charge in [-0.15, -0.1) is 0 Å². The molecule has 1 fully saturated rings. The van der Waals surface area contributed by atoms with E-state index in [1.807, 2.05) is 16.9 Å². The average Bonchev–Trinajstić information content (AvgIpc) is 2.46. The van der Waals surface area contributed by atoms with Crippen LogP contribution in [0.2, 0.25) is 0 Å². The highest BCUT2D eigenvalue weighted by Crippen LogP contribution is 2.30. The predicted molar refractivity (Wildman–Crippen MR) is 48.0 cm³/mol. The molecule has 1 aliphatic carbocycles. The Morgan fingerprint density at radius 2 is 2.54 bits per heavy atom. The molecule has 1 saturated carbocycles. The smallest absolute Gasteiger partial charge is 0.0702 e. The van der Waals surface area contributed by atoms with Crippen molar-refractivity contribution in [2.75, 3.05) is 0 Å². The summed E-state index contributed by atoms with van der Waals surface area (Å²) in [6, 6.07) is 2.49. The van der Waals surface area contributed by atoms with Gasteiger partial charge in [0.1, 0.15) is 0 Å². The lowest BCUT2D eigenvalue weighted by Crippen LogP contribution is -2.17. The van der Waals surface area contributed by atoms with Crippen molar-refractivity contribution in [2.24, 2.45) is 5.11 Å². The summed E-state index contributed by atoms with van der Waals surface area (Å²) in [5.74, 6) is 0. The minimum Gasteiger partial charge on any atom is -0.269 e. The van der Waals surface area contributed by atoms with Crippen LogP contribution in [0.3, 0.4) is 0 Å². The van der Waals surface area contributed by atoms with Gasteiger partial charge in [-0.1, -0.05) is 5.11 Å². The zero-order valence-electron chi connectivity index (χ0n) is 7.30. The van der Waals surface area contributed by atoms with Gasteiger partial charge in [-0.3, -0.25) is 4.68 Å². The Bertz CT molecular complexity index is 332. The molecule has 13 heavy (non-hydrogen) atoms. The van der Waals surface area contributed by atoms with E-state index in [4.69, 9.17) is 5.53 Å². The van der Waals surface area contributed by atoms with Crippen LogP contribution < -0.4 is 0 Å². The molecule has 0 unspecified atom stereocenters. The zero-order valence-corrected chi connectivity index (χ0v) is 7.30. The van der Waals surface area contributed by atoms with Crippen LogP contribution in [0.15, 0.2) is 17.4 Å². The summed E-state index contributed by atoms with van der Waals surface area (Å²) in [6.07, 6.45) is 5.72. The molecule has 1 aromatic heterocycles. The van der Waals surface area contributed by atoms with E-state index < -0.39 is 0 Å². The molecule has 5 heteroatoms. The first-order chi connectivity index (χ1) is 6.40. The van der Waals surface area contributed by atoms with E-state index in [0.29, 0.717) is 12.6 Å². The van der Waals surface area contributed by atoms with Crippen molar-refractivity contribution >= 4 is 0 Å². The van der Waals surface area contributed by atoms with E-state index in [1.54, 1.807) is 0 Å². The van der Waals surface area contributed by atoms with Gasteiger partial charge in [0.05, 0.1) is 18.3 Å². The molecule has 1 heterocycles. The van der Waals surface area contributed by atoms with Crippen molar-refractivity contribution in [1.29, 1.82) is 0 Å². The third kappa shape index (κ3) is 1.65. The van der Waals surface area contributed by atoms with E-state index >= 15 is 0 Å². The first kappa shape index (κ1) is 8.13. The van der Waals surface area contributed by atoms with Gasteiger partial charge in [0, 0.05) is 11.1 Å². The number of rotatable bonds is 3. The molecule has 0 atom stereocenters. The fourth-order valence-electron chi connectivity index (χ4n) is 1.42. The molecule has 0 aliphatic heterocycles. The van der Waals surface area contributed by atoms with E-state index in [2.05, 4.69) is 15.1 Å². The molecule has 1 aliphatic rings. The standard InChI is InChI=1S/C8H11N5/c9-12-10-6-7-4-5-13(11-7)8-2-1-3-8/h4-5,8H,1-3,6H2. The van der Waals surface area contributed by atoms with Crippen molar-refractivity contribution in [3.8, 4) is 0 Å². The average molecular weight is 177 g/mol. The van der Waals surface area contributed by atoms with Gasteiger partial charge in [0.15, 0.2) is 0 Å². The SMILES string of the molecule is [N-]=[N+]=NCc1ccn(C2CCC2)n1. The van der Waals surface area contributed by atoms with Crippen molar-refractivity contribution in [3.63, 3.8) is 0 Å². The Hall–Kier alpha value is -1.48. The maximum Gasteiger partial charge on any atom is 0.0702 e. The maximum absolute atomic E-state index is 8.12. The molecule has 0 N–H and O–H groups in total. The molecule has 0 amide bonds. The molecule has 5 nitrogen and oxygen atoms in total. The van der Waals surface area contributed by atoms with Crippen LogP contribution in [0.25, 0.3) is 10.4 Å². The number of hydrogen-bond donors (Lipinski definition) is 0. The fraction of sp³-hybridized carbons (Fsp3) is 0.625. The molecule has 2 rings (SSSR count). The Labute approximate surface area is 76.0 Å². The largest absolute Gasteiger partial charge is 0.269 e. The first-order valence-corrected chi connectivity index (χ1v) is 4.45. The fourth-order valence-corrected chi connectivity index (χ4v) is 1.42. The normalized spacial score (nSPS) is 16.3. The molecule has 0 aromatic carbocycles. The van der Waals surface area contributed by atoms with Gasteiger partial charge in [0.2, 0.25) is 0 Å². The molecule has 1 aromatic rings. The van der Waals surface area contributed by atoms with Crippen molar-refractivity contribution in [3.05, 3.63) is 28.4 Å². The summed E-state index contributed by atoms with van der Waals surface area (Å²) in [5.41, 5.74) is 8.98. The summed E-state index contributed by atoms with van der Waals surface area (Å²) in [6.45, 7) is 0.357. The number of hydrogen-bond acceptors (Lipinski definition) is 2. The molecule has 0 saturated heterocycles. The van der Waals surface area contributed by atoms with Gasteiger partial charge in [-0.25, -0.2) is 0 Å². The Morgan fingerprint density at radius 1 is 1.69 bits per heavy atom. The highest BCUT2D eigenvalue weighted by molar-refractivity contribution is 5.00. The lowest BCUT2D eigenvalue weighted by Gasteiger charge is -2.25. The third-order valence-corrected chi connectivity index (χ3v) is 2.41. The molecule has 0 radical (unpaired) electrons. The molecule has 68 valence electrons. The van der Waals surface area contributed by atoms with Crippen LogP contribution >= 0.6 is 0 Å². The maximum atomic E-state index is 8.12. The predicted octanol–water partition coefficient (Wildman–Crippen LogP) is 2.42. The number of aromatic nitrogens is 2. The van der Waals surface area contributed by atoms with E-state index in [0.717, 1.165) is 5.69 Å². The molecule has 0 bridgehead atoms. The van der Waals surface area contributed by atoms with E-state index in [9.17, 15) is 0 Å². The number of azide groups is 1. The highest BCUT2D eigenvalue weighted by atomic mass is 15.3. The van der Waals surface area contributed by atoms with E-state index in [-0.39, 0.29) is 0 Å². The van der Waals surface area contributed by atoms with Crippen molar-refractivity contribution < 1.29 is 0 Å². The van der Waals surface area contributed by atoms with Crippen LogP contribution in [0.1, 0.15) is 31.0 Å². The Kier molecular flexibility index (Phi) is 2.19. The molecule has 0 spiro atoms. The quantitative estimate of drug-likeness (QED) is 0.397. The summed E-state index contributed by atoms with van der Waals surface area (Å²) >= 11 is 0. The van der Waals surface area contributed by atoms with Crippen molar-refractivity contribution in [1.82, 2.24) is 9.78 Å². The van der Waals surface area contributed by atoms with E-state index in [1.165, 1.54) is 19.3 Å².